The zero-order valence-corrected chi connectivity index (χ0v) is 7.83. The summed E-state index contributed by atoms with van der Waals surface area (Å²) in [6, 6.07) is 0. The fourth-order valence-corrected chi connectivity index (χ4v) is 1.29. The Kier molecular flexibility index (Phi) is 3.29. The predicted molar refractivity (Wildman–Crippen MR) is 50.0 cm³/mol. The van der Waals surface area contributed by atoms with Gasteiger partial charge >= 0.3 is 0 Å². The van der Waals surface area contributed by atoms with Crippen molar-refractivity contribution in [1.29, 1.82) is 0 Å². The molecule has 3 nitrogen and oxygen atoms in total. The Morgan fingerprint density at radius 3 is 3.00 bits per heavy atom. The lowest BCUT2D eigenvalue weighted by Gasteiger charge is -2.10. The minimum Gasteiger partial charge on any atom is -0.335 e. The van der Waals surface area contributed by atoms with Crippen LogP contribution in [0.2, 0.25) is 0 Å². The molecule has 0 aliphatic carbocycles. The van der Waals surface area contributed by atoms with E-state index in [9.17, 15) is 0 Å². The van der Waals surface area contributed by atoms with Crippen LogP contribution in [0.3, 0.4) is 0 Å². The van der Waals surface area contributed by atoms with Gasteiger partial charge in [-0.25, -0.2) is 4.98 Å². The zero-order valence-electron chi connectivity index (χ0n) is 7.83. The summed E-state index contributed by atoms with van der Waals surface area (Å²) in [5, 5.41) is 0. The molecule has 0 aromatic carbocycles. The first kappa shape index (κ1) is 9.26. The van der Waals surface area contributed by atoms with Gasteiger partial charge in [0, 0.05) is 31.4 Å². The number of nitrogens with two attached hydrogens (primary N) is 1. The van der Waals surface area contributed by atoms with Gasteiger partial charge in [-0.1, -0.05) is 13.8 Å². The van der Waals surface area contributed by atoms with E-state index in [1.165, 1.54) is 0 Å². The van der Waals surface area contributed by atoms with E-state index in [4.69, 9.17) is 5.73 Å². The molecule has 0 bridgehead atoms. The molecule has 0 saturated heterocycles. The van der Waals surface area contributed by atoms with Crippen molar-refractivity contribution in [1.82, 2.24) is 9.55 Å². The van der Waals surface area contributed by atoms with Gasteiger partial charge in [-0.3, -0.25) is 0 Å². The van der Waals surface area contributed by atoms with Gasteiger partial charge in [0.1, 0.15) is 5.82 Å². The highest BCUT2D eigenvalue weighted by Crippen LogP contribution is 2.11. The predicted octanol–water partition coefficient (Wildman–Crippen LogP) is 1.36. The fraction of sp³-hybridized carbons (Fsp3) is 0.667. The number of aromatic nitrogens is 2. The first-order valence-corrected chi connectivity index (χ1v) is 4.50. The van der Waals surface area contributed by atoms with E-state index in [1.54, 1.807) is 0 Å². The average molecular weight is 167 g/mol. The van der Waals surface area contributed by atoms with Crippen LogP contribution in [0.15, 0.2) is 12.4 Å². The lowest BCUT2D eigenvalue weighted by Crippen LogP contribution is -2.14. The summed E-state index contributed by atoms with van der Waals surface area (Å²) in [7, 11) is 0. The summed E-state index contributed by atoms with van der Waals surface area (Å²) in [4.78, 5) is 4.29. The SMILES string of the molecule is CCCn1ccnc1C(C)CN. The van der Waals surface area contributed by atoms with Crippen molar-refractivity contribution in [3.8, 4) is 0 Å². The Balaban J connectivity index is 2.76. The Bertz CT molecular complexity index is 229. The van der Waals surface area contributed by atoms with Crippen LogP contribution in [0.25, 0.3) is 0 Å². The topological polar surface area (TPSA) is 43.8 Å². The molecule has 1 rings (SSSR count). The third kappa shape index (κ3) is 1.85. The monoisotopic (exact) mass is 167 g/mol. The van der Waals surface area contributed by atoms with Crippen LogP contribution >= 0.6 is 0 Å². The second-order valence-electron chi connectivity index (χ2n) is 3.12. The minimum absolute atomic E-state index is 0.367. The maximum Gasteiger partial charge on any atom is 0.112 e. The molecule has 0 aliphatic rings. The number of aryl methyl sites for hydroxylation is 1. The van der Waals surface area contributed by atoms with Crippen molar-refractivity contribution < 1.29 is 0 Å². The maximum atomic E-state index is 5.57. The Morgan fingerprint density at radius 2 is 2.42 bits per heavy atom. The van der Waals surface area contributed by atoms with Gasteiger partial charge in [0.2, 0.25) is 0 Å². The van der Waals surface area contributed by atoms with Crippen molar-refractivity contribution in [2.45, 2.75) is 32.7 Å². The van der Waals surface area contributed by atoms with Gasteiger partial charge < -0.3 is 10.3 Å². The molecule has 1 aromatic rings. The molecule has 1 heterocycles. The average Bonchev–Trinajstić information content (AvgIpc) is 2.52. The van der Waals surface area contributed by atoms with Crippen LogP contribution < -0.4 is 5.73 Å². The van der Waals surface area contributed by atoms with E-state index in [0.717, 1.165) is 18.8 Å². The van der Waals surface area contributed by atoms with Crippen molar-refractivity contribution in [2.24, 2.45) is 5.73 Å². The molecule has 12 heavy (non-hydrogen) atoms. The van der Waals surface area contributed by atoms with E-state index in [-0.39, 0.29) is 0 Å². The molecule has 3 heteroatoms. The van der Waals surface area contributed by atoms with E-state index < -0.39 is 0 Å². The van der Waals surface area contributed by atoms with Crippen LogP contribution in [0.1, 0.15) is 32.0 Å². The summed E-state index contributed by atoms with van der Waals surface area (Å²) >= 11 is 0. The van der Waals surface area contributed by atoms with E-state index in [1.807, 2.05) is 12.4 Å². The van der Waals surface area contributed by atoms with E-state index >= 15 is 0 Å². The van der Waals surface area contributed by atoms with Gasteiger partial charge in [0.25, 0.3) is 0 Å². The van der Waals surface area contributed by atoms with E-state index in [0.29, 0.717) is 12.5 Å². The van der Waals surface area contributed by atoms with Crippen molar-refractivity contribution in [3.63, 3.8) is 0 Å². The van der Waals surface area contributed by atoms with Crippen LogP contribution in [-0.4, -0.2) is 16.1 Å². The minimum atomic E-state index is 0.367. The Hall–Kier alpha value is -0.830. The lowest BCUT2D eigenvalue weighted by atomic mass is 10.2. The second-order valence-corrected chi connectivity index (χ2v) is 3.12. The smallest absolute Gasteiger partial charge is 0.112 e. The second kappa shape index (κ2) is 4.26. The molecule has 0 spiro atoms. The Morgan fingerprint density at radius 1 is 1.67 bits per heavy atom. The highest BCUT2D eigenvalue weighted by Gasteiger charge is 2.08. The summed E-state index contributed by atoms with van der Waals surface area (Å²) in [6.07, 6.45) is 5.00. The number of hydrogen-bond acceptors (Lipinski definition) is 2. The number of hydrogen-bond donors (Lipinski definition) is 1. The molecule has 1 unspecified atom stereocenters. The third-order valence-electron chi connectivity index (χ3n) is 2.01. The molecule has 0 aliphatic heterocycles. The first-order chi connectivity index (χ1) is 5.79. The van der Waals surface area contributed by atoms with Gasteiger partial charge in [-0.15, -0.1) is 0 Å². The summed E-state index contributed by atoms with van der Waals surface area (Å²) in [6.45, 7) is 5.98. The molecule has 2 N–H and O–H groups in total. The summed E-state index contributed by atoms with van der Waals surface area (Å²) < 4.78 is 2.18. The van der Waals surface area contributed by atoms with Crippen LogP contribution in [0.4, 0.5) is 0 Å². The van der Waals surface area contributed by atoms with Gasteiger partial charge in [-0.05, 0) is 6.42 Å². The number of imidazole rings is 1. The highest BCUT2D eigenvalue weighted by atomic mass is 15.1. The first-order valence-electron chi connectivity index (χ1n) is 4.50. The maximum absolute atomic E-state index is 5.57. The van der Waals surface area contributed by atoms with E-state index in [2.05, 4.69) is 23.4 Å². The normalized spacial score (nSPS) is 13.2. The van der Waals surface area contributed by atoms with Gasteiger partial charge in [0.05, 0.1) is 0 Å². The van der Waals surface area contributed by atoms with Crippen LogP contribution in [-0.2, 0) is 6.54 Å². The molecule has 0 radical (unpaired) electrons. The molecule has 1 aromatic heterocycles. The Labute approximate surface area is 73.6 Å². The zero-order chi connectivity index (χ0) is 8.97. The molecular weight excluding hydrogens is 150 g/mol. The standard InChI is InChI=1S/C9H17N3/c1-3-5-12-6-4-11-9(12)8(2)7-10/h4,6,8H,3,5,7,10H2,1-2H3. The molecule has 1 atom stereocenters. The summed E-state index contributed by atoms with van der Waals surface area (Å²) in [5.41, 5.74) is 5.57. The number of nitrogens with zero attached hydrogens (tertiary/aromatic N) is 2. The lowest BCUT2D eigenvalue weighted by molar-refractivity contribution is 0.594. The quantitative estimate of drug-likeness (QED) is 0.735. The number of rotatable bonds is 4. The third-order valence-corrected chi connectivity index (χ3v) is 2.01. The fourth-order valence-electron chi connectivity index (χ4n) is 1.29. The molecule has 0 saturated carbocycles. The van der Waals surface area contributed by atoms with Crippen molar-refractivity contribution in [3.05, 3.63) is 18.2 Å². The molecule has 0 amide bonds. The molecule has 68 valence electrons. The molecular formula is C9H17N3. The van der Waals surface area contributed by atoms with Gasteiger partial charge in [-0.2, -0.15) is 0 Å². The summed E-state index contributed by atoms with van der Waals surface area (Å²) in [5.74, 6) is 1.48. The van der Waals surface area contributed by atoms with Crippen LogP contribution in [0, 0.1) is 0 Å². The van der Waals surface area contributed by atoms with Crippen molar-refractivity contribution in [2.75, 3.05) is 6.54 Å². The molecule has 0 fully saturated rings. The van der Waals surface area contributed by atoms with Crippen molar-refractivity contribution >= 4 is 0 Å². The largest absolute Gasteiger partial charge is 0.335 e. The highest BCUT2D eigenvalue weighted by molar-refractivity contribution is 4.99. The van der Waals surface area contributed by atoms with Gasteiger partial charge in [0.15, 0.2) is 0 Å². The van der Waals surface area contributed by atoms with Crippen LogP contribution in [0.5, 0.6) is 0 Å².